The van der Waals surface area contributed by atoms with Gasteiger partial charge in [0.2, 0.25) is 0 Å². The lowest BCUT2D eigenvalue weighted by Crippen LogP contribution is -2.50. The first kappa shape index (κ1) is 16.6. The van der Waals surface area contributed by atoms with Crippen LogP contribution in [0.3, 0.4) is 0 Å². The maximum absolute atomic E-state index is 12.9. The molecular formula is C19H17Cl3O2. The number of rotatable bonds is 1. The Hall–Kier alpha value is -0.830. The first-order valence-electron chi connectivity index (χ1n) is 8.10. The van der Waals surface area contributed by atoms with Gasteiger partial charge < -0.3 is 0 Å². The van der Waals surface area contributed by atoms with Crippen LogP contribution in [0.2, 0.25) is 0 Å². The number of carbonyl (C=O) groups excluding carboxylic acids is 2. The first-order chi connectivity index (χ1) is 11.3. The lowest BCUT2D eigenvalue weighted by molar-refractivity contribution is -0.121. The molecule has 2 unspecified atom stereocenters. The summed E-state index contributed by atoms with van der Waals surface area (Å²) in [5.74, 6) is -0.262. The van der Waals surface area contributed by atoms with Gasteiger partial charge in [-0.2, -0.15) is 0 Å². The summed E-state index contributed by atoms with van der Waals surface area (Å²) in [5.41, 5.74) is 1.39. The third-order valence-corrected chi connectivity index (χ3v) is 7.72. The molecule has 24 heavy (non-hydrogen) atoms. The summed E-state index contributed by atoms with van der Waals surface area (Å²) in [5, 5.41) is -0.810. The molecule has 4 aliphatic rings. The zero-order valence-electron chi connectivity index (χ0n) is 13.2. The molecule has 0 aliphatic heterocycles. The summed E-state index contributed by atoms with van der Waals surface area (Å²) < 4.78 is 0. The highest BCUT2D eigenvalue weighted by atomic mass is 35.5. The molecule has 4 rings (SSSR count). The minimum Gasteiger partial charge on any atom is -0.294 e. The molecule has 0 saturated heterocycles. The number of halogens is 3. The summed E-state index contributed by atoms with van der Waals surface area (Å²) in [6.45, 7) is 2.05. The Kier molecular flexibility index (Phi) is 3.69. The van der Waals surface area contributed by atoms with Gasteiger partial charge in [-0.3, -0.25) is 9.59 Å². The molecule has 0 bridgehead atoms. The minimum atomic E-state index is -0.669. The van der Waals surface area contributed by atoms with E-state index >= 15 is 0 Å². The summed E-state index contributed by atoms with van der Waals surface area (Å²) in [6, 6.07) is 0. The van der Waals surface area contributed by atoms with E-state index in [1.165, 1.54) is 0 Å². The van der Waals surface area contributed by atoms with Gasteiger partial charge in [0.15, 0.2) is 11.6 Å². The monoisotopic (exact) mass is 382 g/mol. The first-order valence-corrected chi connectivity index (χ1v) is 9.51. The van der Waals surface area contributed by atoms with Crippen molar-refractivity contribution >= 4 is 46.4 Å². The zero-order chi connectivity index (χ0) is 17.3. The molecule has 0 saturated carbocycles. The molecule has 0 spiro atoms. The molecule has 4 aliphatic carbocycles. The van der Waals surface area contributed by atoms with Gasteiger partial charge in [-0.15, -0.1) is 34.8 Å². The number of hydrogen-bond acceptors (Lipinski definition) is 2. The van der Waals surface area contributed by atoms with Crippen LogP contribution in [0.25, 0.3) is 0 Å². The molecule has 0 fully saturated rings. The molecular weight excluding hydrogens is 367 g/mol. The van der Waals surface area contributed by atoms with Crippen molar-refractivity contribution in [2.75, 3.05) is 5.88 Å². The lowest BCUT2D eigenvalue weighted by Gasteiger charge is -2.50. The maximum atomic E-state index is 12.9. The van der Waals surface area contributed by atoms with Crippen LogP contribution in [0.1, 0.15) is 19.8 Å². The average molecular weight is 384 g/mol. The molecule has 0 amide bonds. The van der Waals surface area contributed by atoms with E-state index in [0.717, 1.165) is 17.6 Å². The number of alkyl halides is 3. The fraction of sp³-hybridized carbons (Fsp3) is 0.474. The minimum absolute atomic E-state index is 0.000445. The highest BCUT2D eigenvalue weighted by molar-refractivity contribution is 6.33. The van der Waals surface area contributed by atoms with Crippen LogP contribution in [-0.4, -0.2) is 28.2 Å². The molecule has 0 N–H and O–H groups in total. The van der Waals surface area contributed by atoms with E-state index in [4.69, 9.17) is 34.8 Å². The van der Waals surface area contributed by atoms with E-state index in [0.29, 0.717) is 12.0 Å². The maximum Gasteiger partial charge on any atom is 0.182 e. The van der Waals surface area contributed by atoms with Gasteiger partial charge in [0.25, 0.3) is 0 Å². The molecule has 5 atom stereocenters. The van der Waals surface area contributed by atoms with Gasteiger partial charge >= 0.3 is 0 Å². The van der Waals surface area contributed by atoms with Crippen LogP contribution >= 0.6 is 34.8 Å². The van der Waals surface area contributed by atoms with E-state index in [9.17, 15) is 9.59 Å². The van der Waals surface area contributed by atoms with Crippen molar-refractivity contribution in [3.05, 3.63) is 47.1 Å². The van der Waals surface area contributed by atoms with Gasteiger partial charge in [-0.1, -0.05) is 25.2 Å². The normalized spacial score (nSPS) is 43.5. The van der Waals surface area contributed by atoms with Crippen LogP contribution < -0.4 is 0 Å². The van der Waals surface area contributed by atoms with Crippen LogP contribution in [0.15, 0.2) is 47.1 Å². The Morgan fingerprint density at radius 2 is 2.00 bits per heavy atom. The molecule has 0 aromatic heterocycles. The number of fused-ring (bicyclic) bond motifs is 4. The van der Waals surface area contributed by atoms with Crippen molar-refractivity contribution in [1.29, 1.82) is 0 Å². The highest BCUT2D eigenvalue weighted by Gasteiger charge is 2.57. The molecule has 0 radical (unpaired) electrons. The Bertz CT molecular complexity index is 775. The summed E-state index contributed by atoms with van der Waals surface area (Å²) in [7, 11) is 0. The van der Waals surface area contributed by atoms with Gasteiger partial charge in [0.05, 0.1) is 16.7 Å². The quantitative estimate of drug-likeness (QED) is 0.631. The van der Waals surface area contributed by atoms with Crippen molar-refractivity contribution in [3.63, 3.8) is 0 Å². The molecule has 126 valence electrons. The predicted molar refractivity (Wildman–Crippen MR) is 96.7 cm³/mol. The van der Waals surface area contributed by atoms with Crippen LogP contribution in [0, 0.1) is 16.7 Å². The number of hydrogen-bond donors (Lipinski definition) is 0. The molecule has 0 heterocycles. The highest BCUT2D eigenvalue weighted by Crippen LogP contribution is 2.59. The second-order valence-corrected chi connectivity index (χ2v) is 8.58. The standard InChI is InChI=1S/C19H17Cl3O2/c1-18-6-4-11-15(16(18)13(23)5-7-18)14(24)8-10-2-3-12(21)17(22)19(10,11)9-20/h2-3,5,7-8,12,16-17H,4,6,9H2,1H3/t12?,16?,17-,18-,19+/m1/s1. The zero-order valence-corrected chi connectivity index (χ0v) is 15.5. The third kappa shape index (κ3) is 1.91. The Morgan fingerprint density at radius 3 is 2.71 bits per heavy atom. The Morgan fingerprint density at radius 1 is 1.25 bits per heavy atom. The smallest absolute Gasteiger partial charge is 0.182 e. The molecule has 2 nitrogen and oxygen atoms in total. The predicted octanol–water partition coefficient (Wildman–Crippen LogP) is 4.36. The summed E-state index contributed by atoms with van der Waals surface area (Å²) >= 11 is 19.5. The third-order valence-electron chi connectivity index (χ3n) is 6.13. The van der Waals surface area contributed by atoms with E-state index in [1.54, 1.807) is 12.2 Å². The fourth-order valence-corrected chi connectivity index (χ4v) is 6.06. The number of carbonyl (C=O) groups is 2. The second kappa shape index (κ2) is 5.33. The van der Waals surface area contributed by atoms with Crippen LogP contribution in [0.5, 0.6) is 0 Å². The van der Waals surface area contributed by atoms with E-state index < -0.39 is 16.7 Å². The topological polar surface area (TPSA) is 34.1 Å². The molecule has 0 aromatic rings. The summed E-state index contributed by atoms with van der Waals surface area (Å²) in [4.78, 5) is 25.4. The van der Waals surface area contributed by atoms with E-state index in [-0.39, 0.29) is 28.2 Å². The van der Waals surface area contributed by atoms with Crippen molar-refractivity contribution < 1.29 is 9.59 Å². The van der Waals surface area contributed by atoms with E-state index in [2.05, 4.69) is 0 Å². The van der Waals surface area contributed by atoms with Gasteiger partial charge in [-0.05, 0) is 36.1 Å². The van der Waals surface area contributed by atoms with E-state index in [1.807, 2.05) is 25.2 Å². The van der Waals surface area contributed by atoms with Gasteiger partial charge in [-0.25, -0.2) is 0 Å². The largest absolute Gasteiger partial charge is 0.294 e. The average Bonchev–Trinajstić information content (AvgIpc) is 2.87. The van der Waals surface area contributed by atoms with Crippen LogP contribution in [-0.2, 0) is 9.59 Å². The summed E-state index contributed by atoms with van der Waals surface area (Å²) in [6.07, 6.45) is 10.4. The number of allylic oxidation sites excluding steroid dienone is 8. The molecule has 5 heteroatoms. The Labute approximate surface area is 156 Å². The van der Waals surface area contributed by atoms with Crippen molar-refractivity contribution in [3.8, 4) is 0 Å². The Balaban J connectivity index is 1.97. The van der Waals surface area contributed by atoms with Crippen molar-refractivity contribution in [2.45, 2.75) is 30.5 Å². The van der Waals surface area contributed by atoms with Gasteiger partial charge in [0.1, 0.15) is 0 Å². The number of ketones is 2. The lowest BCUT2D eigenvalue weighted by atomic mass is 9.55. The van der Waals surface area contributed by atoms with Crippen molar-refractivity contribution in [1.82, 2.24) is 0 Å². The SMILES string of the molecule is C[C@@]12C=CC(=O)C1C1=C(CC2)[C@]2(CCl)C(=CC1=O)C=CC(Cl)[C@H]2Cl. The van der Waals surface area contributed by atoms with Crippen LogP contribution in [0.4, 0.5) is 0 Å². The van der Waals surface area contributed by atoms with Gasteiger partial charge in [0, 0.05) is 22.3 Å². The molecule has 0 aromatic carbocycles. The second-order valence-electron chi connectivity index (χ2n) is 7.34. The van der Waals surface area contributed by atoms with Crippen molar-refractivity contribution in [2.24, 2.45) is 16.7 Å². The fourth-order valence-electron chi connectivity index (χ4n) is 4.79.